The molecule has 3 heterocycles. The van der Waals surface area contributed by atoms with Gasteiger partial charge in [0.2, 0.25) is 11.7 Å². The van der Waals surface area contributed by atoms with Crippen LogP contribution in [-0.4, -0.2) is 29.2 Å². The van der Waals surface area contributed by atoms with E-state index in [1.54, 1.807) is 13.0 Å². The number of benzene rings is 1. The molecule has 0 fully saturated rings. The van der Waals surface area contributed by atoms with E-state index in [-0.39, 0.29) is 16.6 Å². The summed E-state index contributed by atoms with van der Waals surface area (Å²) in [7, 11) is -3.90. The van der Waals surface area contributed by atoms with Crippen LogP contribution in [0, 0.1) is 12.8 Å². The van der Waals surface area contributed by atoms with Crippen molar-refractivity contribution in [1.82, 2.24) is 15.0 Å². The molecule has 8 nitrogen and oxygen atoms in total. The van der Waals surface area contributed by atoms with Crippen LogP contribution in [0.1, 0.15) is 45.5 Å². The largest absolute Gasteiger partial charge is 0.397 e. The molecule has 3 aromatic heterocycles. The standard InChI is InChI=1S/C24H23N5O3S2/c1-13-3-8-19-16(11-13)12-18-20(25)22(33-23(18)28-19)21(30)15-4-6-17(7-5-15)34(31,32)29-24-26-10-9-14(2)27-24/h4-7,9-10,12-13H,3,8,11,25H2,1-2H3,(H,26,27,29). The number of pyridine rings is 1. The minimum Gasteiger partial charge on any atom is -0.397 e. The molecular weight excluding hydrogens is 470 g/mol. The first-order valence-corrected chi connectivity index (χ1v) is 13.2. The summed E-state index contributed by atoms with van der Waals surface area (Å²) in [6.45, 7) is 3.97. The van der Waals surface area contributed by atoms with Gasteiger partial charge >= 0.3 is 0 Å². The van der Waals surface area contributed by atoms with Crippen molar-refractivity contribution in [3.8, 4) is 0 Å². The average molecular weight is 494 g/mol. The second kappa shape index (κ2) is 8.44. The molecule has 5 rings (SSSR count). The second-order valence-corrected chi connectivity index (χ2v) is 11.3. The van der Waals surface area contributed by atoms with Crippen molar-refractivity contribution < 1.29 is 13.2 Å². The SMILES string of the molecule is Cc1ccnc(NS(=O)(=O)c2ccc(C(=O)c3sc4nc5c(cc4c3N)CC(C)CC5)cc2)n1. The quantitative estimate of drug-likeness (QED) is 0.400. The summed E-state index contributed by atoms with van der Waals surface area (Å²) < 4.78 is 27.7. The number of nitrogen functional groups attached to an aromatic ring is 1. The maximum absolute atomic E-state index is 13.2. The lowest BCUT2D eigenvalue weighted by atomic mass is 9.87. The molecule has 3 N–H and O–H groups in total. The lowest BCUT2D eigenvalue weighted by Crippen LogP contribution is -2.15. The highest BCUT2D eigenvalue weighted by Crippen LogP contribution is 2.37. The Hall–Kier alpha value is -3.37. The molecule has 174 valence electrons. The maximum atomic E-state index is 13.2. The molecule has 0 aliphatic heterocycles. The number of aromatic nitrogens is 3. The predicted octanol–water partition coefficient (Wildman–Crippen LogP) is 4.13. The number of rotatable bonds is 5. The number of nitrogens with zero attached hydrogens (tertiary/aromatic N) is 3. The van der Waals surface area contributed by atoms with Crippen molar-refractivity contribution >= 4 is 49.0 Å². The molecule has 0 amide bonds. The lowest BCUT2D eigenvalue weighted by Gasteiger charge is -2.20. The molecule has 1 unspecified atom stereocenters. The van der Waals surface area contributed by atoms with Crippen LogP contribution in [0.4, 0.5) is 11.6 Å². The van der Waals surface area contributed by atoms with Crippen LogP contribution in [0.5, 0.6) is 0 Å². The van der Waals surface area contributed by atoms with E-state index in [9.17, 15) is 13.2 Å². The van der Waals surface area contributed by atoms with Crippen molar-refractivity contribution in [3.63, 3.8) is 0 Å². The topological polar surface area (TPSA) is 128 Å². The fourth-order valence-corrected chi connectivity index (χ4v) is 6.14. The van der Waals surface area contributed by atoms with Gasteiger partial charge in [-0.1, -0.05) is 6.92 Å². The number of carbonyl (C=O) groups excluding carboxylic acids is 1. The van der Waals surface area contributed by atoms with Gasteiger partial charge in [0.05, 0.1) is 10.6 Å². The lowest BCUT2D eigenvalue weighted by molar-refractivity contribution is 0.104. The van der Waals surface area contributed by atoms with Crippen molar-refractivity contribution in [1.29, 1.82) is 0 Å². The van der Waals surface area contributed by atoms with Gasteiger partial charge in [-0.2, -0.15) is 0 Å². The van der Waals surface area contributed by atoms with E-state index in [4.69, 9.17) is 10.7 Å². The van der Waals surface area contributed by atoms with Crippen LogP contribution in [0.15, 0.2) is 47.5 Å². The van der Waals surface area contributed by atoms with Gasteiger partial charge in [0.25, 0.3) is 10.0 Å². The third-order valence-corrected chi connectivity index (χ3v) is 8.44. The Labute approximate surface area is 201 Å². The molecule has 0 bridgehead atoms. The molecule has 0 saturated heterocycles. The Bertz CT molecular complexity index is 1530. The average Bonchev–Trinajstić information content (AvgIpc) is 3.12. The zero-order valence-corrected chi connectivity index (χ0v) is 20.3. The van der Waals surface area contributed by atoms with E-state index in [1.807, 2.05) is 0 Å². The van der Waals surface area contributed by atoms with Crippen LogP contribution in [-0.2, 0) is 22.9 Å². The number of nitrogens with two attached hydrogens (primary N) is 1. The van der Waals surface area contributed by atoms with E-state index in [2.05, 4.69) is 27.7 Å². The highest BCUT2D eigenvalue weighted by atomic mass is 32.2. The number of sulfonamides is 1. The number of carbonyl (C=O) groups is 1. The first kappa shape index (κ1) is 22.4. The molecule has 0 spiro atoms. The van der Waals surface area contributed by atoms with Crippen molar-refractivity contribution in [2.24, 2.45) is 5.92 Å². The minimum atomic E-state index is -3.90. The fraction of sp³-hybridized carbons (Fsp3) is 0.250. The molecule has 1 atom stereocenters. The minimum absolute atomic E-state index is 0.00179. The number of fused-ring (bicyclic) bond motifs is 2. The van der Waals surface area contributed by atoms with Crippen LogP contribution in [0.3, 0.4) is 0 Å². The smallest absolute Gasteiger partial charge is 0.264 e. The van der Waals surface area contributed by atoms with Crippen LogP contribution in [0.25, 0.3) is 10.2 Å². The molecule has 34 heavy (non-hydrogen) atoms. The van der Waals surface area contributed by atoms with E-state index in [0.717, 1.165) is 35.2 Å². The molecule has 0 saturated carbocycles. The molecule has 1 aliphatic rings. The first-order chi connectivity index (χ1) is 16.2. The Balaban J connectivity index is 1.42. The van der Waals surface area contributed by atoms with Gasteiger partial charge in [-0.05, 0) is 74.1 Å². The summed E-state index contributed by atoms with van der Waals surface area (Å²) in [6.07, 6.45) is 4.49. The van der Waals surface area contributed by atoms with Crippen molar-refractivity contribution in [2.75, 3.05) is 10.5 Å². The Morgan fingerprint density at radius 1 is 1.18 bits per heavy atom. The molecular formula is C24H23N5O3S2. The summed E-state index contributed by atoms with van der Waals surface area (Å²) in [6, 6.07) is 9.48. The summed E-state index contributed by atoms with van der Waals surface area (Å²) in [5.41, 5.74) is 10.1. The van der Waals surface area contributed by atoms with E-state index < -0.39 is 10.0 Å². The number of hydrogen-bond acceptors (Lipinski definition) is 8. The van der Waals surface area contributed by atoms with Gasteiger partial charge in [0, 0.05) is 28.5 Å². The third-order valence-electron chi connectivity index (χ3n) is 5.99. The summed E-state index contributed by atoms with van der Waals surface area (Å²) in [4.78, 5) is 27.2. The number of anilines is 2. The van der Waals surface area contributed by atoms with Gasteiger partial charge in [-0.3, -0.25) is 4.79 Å². The Morgan fingerprint density at radius 2 is 1.94 bits per heavy atom. The third kappa shape index (κ3) is 4.14. The molecule has 1 aromatic carbocycles. The summed E-state index contributed by atoms with van der Waals surface area (Å²) in [5, 5.41) is 0.808. The molecule has 4 aromatic rings. The summed E-state index contributed by atoms with van der Waals surface area (Å²) in [5.74, 6) is 0.336. The van der Waals surface area contributed by atoms with E-state index in [1.165, 1.54) is 47.4 Å². The van der Waals surface area contributed by atoms with Crippen LogP contribution < -0.4 is 10.5 Å². The molecule has 10 heteroatoms. The highest BCUT2D eigenvalue weighted by molar-refractivity contribution is 7.92. The van der Waals surface area contributed by atoms with Crippen molar-refractivity contribution in [3.05, 3.63) is 70.0 Å². The number of thiophene rings is 1. The Morgan fingerprint density at radius 3 is 2.68 bits per heavy atom. The predicted molar refractivity (Wildman–Crippen MR) is 133 cm³/mol. The molecule has 1 aliphatic carbocycles. The number of ketones is 1. The van der Waals surface area contributed by atoms with Crippen LogP contribution >= 0.6 is 11.3 Å². The number of aryl methyl sites for hydroxylation is 2. The van der Waals surface area contributed by atoms with Gasteiger partial charge in [0.15, 0.2) is 0 Å². The fourth-order valence-electron chi connectivity index (χ4n) is 4.13. The van der Waals surface area contributed by atoms with Gasteiger partial charge < -0.3 is 5.73 Å². The maximum Gasteiger partial charge on any atom is 0.264 e. The van der Waals surface area contributed by atoms with E-state index >= 15 is 0 Å². The van der Waals surface area contributed by atoms with Gasteiger partial charge in [-0.25, -0.2) is 28.1 Å². The van der Waals surface area contributed by atoms with E-state index in [0.29, 0.717) is 27.7 Å². The van der Waals surface area contributed by atoms with Gasteiger partial charge in [-0.15, -0.1) is 11.3 Å². The number of hydrogen-bond donors (Lipinski definition) is 2. The zero-order valence-electron chi connectivity index (χ0n) is 18.7. The molecule has 0 radical (unpaired) electrons. The monoisotopic (exact) mass is 493 g/mol. The zero-order chi connectivity index (χ0) is 24.0. The highest BCUT2D eigenvalue weighted by Gasteiger charge is 2.23. The first-order valence-electron chi connectivity index (χ1n) is 10.9. The van der Waals surface area contributed by atoms with Crippen LogP contribution in [0.2, 0.25) is 0 Å². The number of nitrogens with one attached hydrogen (secondary N) is 1. The Kier molecular flexibility index (Phi) is 5.57. The summed E-state index contributed by atoms with van der Waals surface area (Å²) >= 11 is 1.28. The van der Waals surface area contributed by atoms with Gasteiger partial charge in [0.1, 0.15) is 9.71 Å². The second-order valence-electron chi connectivity index (χ2n) is 8.62. The van der Waals surface area contributed by atoms with Crippen molar-refractivity contribution in [2.45, 2.75) is 38.0 Å². The normalized spacial score (nSPS) is 15.8.